The largest absolute Gasteiger partial charge is 0.488 e. The number of hydrogen-bond donors (Lipinski definition) is 3. The standard InChI is InChI=1S/C13H16F2N2O4/c1-8(17-13(20)16-5-4-12(18)19)7-21-11-3-2-9(14)6-10(11)15/h2-3,6,8H,4-5,7H2,1H3,(H,18,19)(H2,16,17,20). The Morgan fingerprint density at radius 1 is 1.38 bits per heavy atom. The van der Waals surface area contributed by atoms with Crippen molar-refractivity contribution in [1.82, 2.24) is 10.6 Å². The lowest BCUT2D eigenvalue weighted by Gasteiger charge is -2.15. The van der Waals surface area contributed by atoms with Crippen molar-refractivity contribution in [2.45, 2.75) is 19.4 Å². The lowest BCUT2D eigenvalue weighted by Crippen LogP contribution is -2.43. The van der Waals surface area contributed by atoms with E-state index in [-0.39, 0.29) is 25.3 Å². The molecular formula is C13H16F2N2O4. The van der Waals surface area contributed by atoms with Gasteiger partial charge in [-0.2, -0.15) is 0 Å². The maximum atomic E-state index is 13.3. The number of halogens is 2. The number of nitrogens with one attached hydrogen (secondary N) is 2. The second kappa shape index (κ2) is 8.03. The van der Waals surface area contributed by atoms with Gasteiger partial charge in [-0.25, -0.2) is 13.6 Å². The van der Waals surface area contributed by atoms with Gasteiger partial charge >= 0.3 is 12.0 Å². The van der Waals surface area contributed by atoms with Crippen molar-refractivity contribution >= 4 is 12.0 Å². The fourth-order valence-electron chi connectivity index (χ4n) is 1.41. The van der Waals surface area contributed by atoms with E-state index in [0.29, 0.717) is 6.07 Å². The Labute approximate surface area is 120 Å². The molecule has 0 saturated carbocycles. The fraction of sp³-hybridized carbons (Fsp3) is 0.385. The first-order valence-electron chi connectivity index (χ1n) is 6.22. The summed E-state index contributed by atoms with van der Waals surface area (Å²) >= 11 is 0. The molecule has 2 amide bonds. The van der Waals surface area contributed by atoms with Crippen molar-refractivity contribution < 1.29 is 28.2 Å². The predicted molar refractivity (Wildman–Crippen MR) is 70.1 cm³/mol. The lowest BCUT2D eigenvalue weighted by molar-refractivity contribution is -0.136. The van der Waals surface area contributed by atoms with Crippen LogP contribution >= 0.6 is 0 Å². The molecule has 6 nitrogen and oxygen atoms in total. The second-order valence-electron chi connectivity index (χ2n) is 4.33. The highest BCUT2D eigenvalue weighted by atomic mass is 19.1. The van der Waals surface area contributed by atoms with Gasteiger partial charge in [0.25, 0.3) is 0 Å². The number of benzene rings is 1. The van der Waals surface area contributed by atoms with Crippen LogP contribution in [0, 0.1) is 11.6 Å². The normalized spacial score (nSPS) is 11.6. The number of hydrogen-bond acceptors (Lipinski definition) is 3. The highest BCUT2D eigenvalue weighted by molar-refractivity contribution is 5.75. The minimum Gasteiger partial charge on any atom is -0.488 e. The van der Waals surface area contributed by atoms with Crippen molar-refractivity contribution in [2.24, 2.45) is 0 Å². The van der Waals surface area contributed by atoms with Gasteiger partial charge in [0.1, 0.15) is 12.4 Å². The summed E-state index contributed by atoms with van der Waals surface area (Å²) in [4.78, 5) is 21.6. The molecule has 21 heavy (non-hydrogen) atoms. The first-order chi connectivity index (χ1) is 9.88. The number of amides is 2. The molecule has 0 aliphatic heterocycles. The van der Waals surface area contributed by atoms with Crippen LogP contribution in [0.5, 0.6) is 5.75 Å². The monoisotopic (exact) mass is 302 g/mol. The Morgan fingerprint density at radius 3 is 2.71 bits per heavy atom. The van der Waals surface area contributed by atoms with E-state index in [1.165, 1.54) is 0 Å². The zero-order valence-electron chi connectivity index (χ0n) is 11.4. The number of ether oxygens (including phenoxy) is 1. The van der Waals surface area contributed by atoms with E-state index in [1.807, 2.05) is 0 Å². The van der Waals surface area contributed by atoms with Crippen molar-refractivity contribution in [1.29, 1.82) is 0 Å². The summed E-state index contributed by atoms with van der Waals surface area (Å²) in [6.07, 6.45) is -0.181. The third-order valence-electron chi connectivity index (χ3n) is 2.38. The van der Waals surface area contributed by atoms with Crippen LogP contribution in [-0.2, 0) is 4.79 Å². The van der Waals surface area contributed by atoms with E-state index in [9.17, 15) is 18.4 Å². The van der Waals surface area contributed by atoms with Gasteiger partial charge in [0.15, 0.2) is 11.6 Å². The first-order valence-corrected chi connectivity index (χ1v) is 6.22. The van der Waals surface area contributed by atoms with Crippen LogP contribution in [0.1, 0.15) is 13.3 Å². The number of carbonyl (C=O) groups excluding carboxylic acids is 1. The smallest absolute Gasteiger partial charge is 0.315 e. The maximum absolute atomic E-state index is 13.3. The van der Waals surface area contributed by atoms with E-state index in [2.05, 4.69) is 10.6 Å². The summed E-state index contributed by atoms with van der Waals surface area (Å²) in [6, 6.07) is 1.93. The third kappa shape index (κ3) is 6.55. The quantitative estimate of drug-likeness (QED) is 0.712. The Morgan fingerprint density at radius 2 is 2.10 bits per heavy atom. The summed E-state index contributed by atoms with van der Waals surface area (Å²) < 4.78 is 31.1. The number of carboxylic acid groups (broad SMARTS) is 1. The van der Waals surface area contributed by atoms with Gasteiger partial charge in [-0.3, -0.25) is 4.79 Å². The number of carboxylic acids is 1. The predicted octanol–water partition coefficient (Wildman–Crippen LogP) is 1.51. The van der Waals surface area contributed by atoms with Crippen LogP contribution in [0.3, 0.4) is 0 Å². The van der Waals surface area contributed by atoms with Crippen molar-refractivity contribution in [2.75, 3.05) is 13.2 Å². The zero-order valence-corrected chi connectivity index (χ0v) is 11.4. The Hall–Kier alpha value is -2.38. The van der Waals surface area contributed by atoms with Crippen LogP contribution in [-0.4, -0.2) is 36.3 Å². The van der Waals surface area contributed by atoms with Crippen LogP contribution in [0.15, 0.2) is 18.2 Å². The molecule has 0 spiro atoms. The number of carbonyl (C=O) groups is 2. The molecule has 0 aromatic heterocycles. The van der Waals surface area contributed by atoms with Crippen LogP contribution in [0.4, 0.5) is 13.6 Å². The minimum atomic E-state index is -1.02. The van der Waals surface area contributed by atoms with Crippen LogP contribution in [0.2, 0.25) is 0 Å². The minimum absolute atomic E-state index is 0.00132. The molecule has 0 radical (unpaired) electrons. The van der Waals surface area contributed by atoms with E-state index in [1.54, 1.807) is 6.92 Å². The van der Waals surface area contributed by atoms with Crippen molar-refractivity contribution in [3.8, 4) is 5.75 Å². The molecule has 1 aromatic rings. The second-order valence-corrected chi connectivity index (χ2v) is 4.33. The van der Waals surface area contributed by atoms with Gasteiger partial charge < -0.3 is 20.5 Å². The van der Waals surface area contributed by atoms with Gasteiger partial charge in [0.05, 0.1) is 12.5 Å². The van der Waals surface area contributed by atoms with E-state index in [0.717, 1.165) is 12.1 Å². The average Bonchev–Trinajstić information content (AvgIpc) is 2.37. The van der Waals surface area contributed by atoms with Crippen LogP contribution < -0.4 is 15.4 Å². The number of urea groups is 1. The summed E-state index contributed by atoms with van der Waals surface area (Å²) in [5.74, 6) is -2.66. The van der Waals surface area contributed by atoms with Gasteiger partial charge in [-0.05, 0) is 19.1 Å². The van der Waals surface area contributed by atoms with Crippen molar-refractivity contribution in [3.05, 3.63) is 29.8 Å². The molecule has 1 atom stereocenters. The molecule has 0 aliphatic rings. The van der Waals surface area contributed by atoms with Crippen LogP contribution in [0.25, 0.3) is 0 Å². The van der Waals surface area contributed by atoms with E-state index in [4.69, 9.17) is 9.84 Å². The fourth-order valence-corrected chi connectivity index (χ4v) is 1.41. The first kappa shape index (κ1) is 16.7. The average molecular weight is 302 g/mol. The molecule has 1 unspecified atom stereocenters. The Bertz CT molecular complexity index is 511. The molecule has 0 aliphatic carbocycles. The van der Waals surface area contributed by atoms with E-state index < -0.39 is 29.7 Å². The number of rotatable bonds is 7. The summed E-state index contributed by atoms with van der Waals surface area (Å²) in [5, 5.41) is 13.3. The third-order valence-corrected chi connectivity index (χ3v) is 2.38. The molecule has 3 N–H and O–H groups in total. The molecule has 0 bridgehead atoms. The summed E-state index contributed by atoms with van der Waals surface area (Å²) in [5.41, 5.74) is 0. The van der Waals surface area contributed by atoms with Gasteiger partial charge in [0.2, 0.25) is 0 Å². The zero-order chi connectivity index (χ0) is 15.8. The van der Waals surface area contributed by atoms with Gasteiger partial charge in [-0.1, -0.05) is 0 Å². The van der Waals surface area contributed by atoms with Crippen molar-refractivity contribution in [3.63, 3.8) is 0 Å². The molecule has 0 heterocycles. The molecule has 8 heteroatoms. The molecule has 0 fully saturated rings. The highest BCUT2D eigenvalue weighted by Crippen LogP contribution is 2.17. The molecular weight excluding hydrogens is 286 g/mol. The SMILES string of the molecule is CC(COc1ccc(F)cc1F)NC(=O)NCCC(=O)O. The maximum Gasteiger partial charge on any atom is 0.315 e. The summed E-state index contributed by atoms with van der Waals surface area (Å²) in [7, 11) is 0. The Balaban J connectivity index is 2.31. The summed E-state index contributed by atoms with van der Waals surface area (Å²) in [6.45, 7) is 1.61. The topological polar surface area (TPSA) is 87.7 Å². The number of aliphatic carboxylic acids is 1. The highest BCUT2D eigenvalue weighted by Gasteiger charge is 2.10. The molecule has 1 aromatic carbocycles. The van der Waals surface area contributed by atoms with Gasteiger partial charge in [0, 0.05) is 12.6 Å². The Kier molecular flexibility index (Phi) is 6.38. The molecule has 116 valence electrons. The van der Waals surface area contributed by atoms with Gasteiger partial charge in [-0.15, -0.1) is 0 Å². The van der Waals surface area contributed by atoms with E-state index >= 15 is 0 Å². The lowest BCUT2D eigenvalue weighted by atomic mass is 10.3. The molecule has 0 saturated heterocycles. The molecule has 1 rings (SSSR count).